The zero-order chi connectivity index (χ0) is 34.6. The molecule has 5 rings (SSSR count). The summed E-state index contributed by atoms with van der Waals surface area (Å²) in [6.07, 6.45) is -5.27. The number of anilines is 4. The number of pyridine rings is 1. The SMILES string of the molecule is [B]C([B])(C)N(C=C)c1c(N(C)CC(F)F)cc(Nc2nccc3c(C(F)(F)F)cc(F)cc23)c2c1C(=C)NC2c1cc(F)ccc1Cl. The average Bonchev–Trinajstić information content (AvgIpc) is 3.30. The third-order valence-electron chi connectivity index (χ3n) is 7.67. The van der Waals surface area contributed by atoms with Gasteiger partial charge in [0.15, 0.2) is 0 Å². The van der Waals surface area contributed by atoms with Crippen LogP contribution in [0, 0.1) is 11.6 Å². The van der Waals surface area contributed by atoms with Gasteiger partial charge in [-0.2, -0.15) is 13.2 Å². The van der Waals surface area contributed by atoms with Gasteiger partial charge in [-0.25, -0.2) is 22.5 Å². The Labute approximate surface area is 273 Å². The monoisotopic (exact) mass is 669 g/mol. The number of nitrogens with zero attached hydrogens (tertiary/aromatic N) is 3. The van der Waals surface area contributed by atoms with E-state index in [4.69, 9.17) is 27.3 Å². The van der Waals surface area contributed by atoms with Crippen LogP contribution in [0.15, 0.2) is 68.0 Å². The first-order chi connectivity index (χ1) is 21.9. The summed E-state index contributed by atoms with van der Waals surface area (Å²) >= 11 is 6.52. The molecule has 0 spiro atoms. The molecule has 4 radical (unpaired) electrons. The van der Waals surface area contributed by atoms with E-state index in [1.807, 2.05) is 0 Å². The molecule has 0 saturated heterocycles. The van der Waals surface area contributed by atoms with Crippen molar-refractivity contribution in [2.45, 2.75) is 30.9 Å². The molecule has 2 N–H and O–H groups in total. The van der Waals surface area contributed by atoms with Crippen LogP contribution < -0.4 is 20.4 Å². The van der Waals surface area contributed by atoms with Crippen molar-refractivity contribution in [3.05, 3.63) is 107 Å². The Morgan fingerprint density at radius 3 is 2.40 bits per heavy atom. The molecule has 47 heavy (non-hydrogen) atoms. The predicted molar refractivity (Wildman–Crippen MR) is 174 cm³/mol. The molecule has 0 saturated carbocycles. The number of hydrogen-bond acceptors (Lipinski definition) is 5. The maximum atomic E-state index is 14.6. The molecule has 0 amide bonds. The largest absolute Gasteiger partial charge is 0.417 e. The van der Waals surface area contributed by atoms with Gasteiger partial charge in [-0.05, 0) is 59.4 Å². The minimum atomic E-state index is -4.89. The number of benzene rings is 3. The van der Waals surface area contributed by atoms with Gasteiger partial charge in [0, 0.05) is 51.7 Å². The highest BCUT2D eigenvalue weighted by molar-refractivity contribution is 6.42. The summed E-state index contributed by atoms with van der Waals surface area (Å²) in [6.45, 7) is 8.61. The van der Waals surface area contributed by atoms with Crippen molar-refractivity contribution in [3.63, 3.8) is 0 Å². The lowest BCUT2D eigenvalue weighted by atomic mass is 9.62. The minimum absolute atomic E-state index is 0.119. The van der Waals surface area contributed by atoms with Crippen LogP contribution in [0.25, 0.3) is 16.5 Å². The van der Waals surface area contributed by atoms with Crippen molar-refractivity contribution in [2.75, 3.05) is 28.7 Å². The lowest BCUT2D eigenvalue weighted by Gasteiger charge is -2.40. The predicted octanol–water partition coefficient (Wildman–Crippen LogP) is 8.25. The number of fused-ring (bicyclic) bond motifs is 2. The first kappa shape index (κ1) is 34.0. The topological polar surface area (TPSA) is 43.4 Å². The zero-order valence-electron chi connectivity index (χ0n) is 25.0. The van der Waals surface area contributed by atoms with Gasteiger partial charge in [-0.15, -0.1) is 0 Å². The van der Waals surface area contributed by atoms with Crippen LogP contribution in [-0.4, -0.2) is 46.0 Å². The molecule has 4 aromatic rings. The minimum Gasteiger partial charge on any atom is -0.374 e. The molecule has 3 aromatic carbocycles. The van der Waals surface area contributed by atoms with Crippen LogP contribution in [0.2, 0.25) is 5.02 Å². The molecule has 0 bridgehead atoms. The van der Waals surface area contributed by atoms with Crippen LogP contribution in [-0.2, 0) is 6.18 Å². The second kappa shape index (κ2) is 12.4. The van der Waals surface area contributed by atoms with E-state index >= 15 is 0 Å². The summed E-state index contributed by atoms with van der Waals surface area (Å²) in [5.74, 6) is -1.97. The Bertz CT molecular complexity index is 1900. The summed E-state index contributed by atoms with van der Waals surface area (Å²) in [4.78, 5) is 6.77. The molecular formula is C32H25B2ClF7N5. The molecule has 0 aliphatic carbocycles. The van der Waals surface area contributed by atoms with E-state index in [1.165, 1.54) is 48.2 Å². The van der Waals surface area contributed by atoms with Gasteiger partial charge >= 0.3 is 6.18 Å². The molecule has 1 unspecified atom stereocenters. The molecule has 1 aliphatic heterocycles. The summed E-state index contributed by atoms with van der Waals surface area (Å²) in [5, 5.41) is 4.12. The van der Waals surface area contributed by atoms with E-state index in [1.54, 1.807) is 0 Å². The molecule has 15 heteroatoms. The van der Waals surface area contributed by atoms with Crippen LogP contribution >= 0.6 is 11.6 Å². The molecule has 5 nitrogen and oxygen atoms in total. The molecule has 2 heterocycles. The lowest BCUT2D eigenvalue weighted by molar-refractivity contribution is -0.136. The van der Waals surface area contributed by atoms with E-state index in [9.17, 15) is 30.7 Å². The number of hydrogen-bond donors (Lipinski definition) is 2. The first-order valence-corrected chi connectivity index (χ1v) is 14.3. The number of aromatic nitrogens is 1. The Morgan fingerprint density at radius 1 is 1.09 bits per heavy atom. The molecular weight excluding hydrogens is 644 g/mol. The Morgan fingerprint density at radius 2 is 1.79 bits per heavy atom. The highest BCUT2D eigenvalue weighted by atomic mass is 35.5. The zero-order valence-corrected chi connectivity index (χ0v) is 25.7. The number of rotatable bonds is 9. The van der Waals surface area contributed by atoms with Crippen molar-refractivity contribution in [1.82, 2.24) is 10.3 Å². The van der Waals surface area contributed by atoms with Gasteiger partial charge in [-0.1, -0.05) is 31.7 Å². The maximum Gasteiger partial charge on any atom is 0.417 e. The van der Waals surface area contributed by atoms with Crippen LogP contribution in [0.3, 0.4) is 0 Å². The maximum absolute atomic E-state index is 14.6. The number of halogens is 8. The van der Waals surface area contributed by atoms with Gasteiger partial charge in [0.2, 0.25) is 0 Å². The highest BCUT2D eigenvalue weighted by Gasteiger charge is 2.39. The first-order valence-electron chi connectivity index (χ1n) is 14.0. The smallest absolute Gasteiger partial charge is 0.374 e. The van der Waals surface area contributed by atoms with Gasteiger partial charge in [0.1, 0.15) is 17.5 Å². The molecule has 1 atom stereocenters. The van der Waals surface area contributed by atoms with Gasteiger partial charge in [0.05, 0.1) is 45.2 Å². The second-order valence-electron chi connectivity index (χ2n) is 11.2. The van der Waals surface area contributed by atoms with Crippen LogP contribution in [0.5, 0.6) is 0 Å². The Balaban J connectivity index is 1.88. The van der Waals surface area contributed by atoms with E-state index < -0.39 is 47.7 Å². The molecule has 240 valence electrons. The van der Waals surface area contributed by atoms with Crippen molar-refractivity contribution in [1.29, 1.82) is 0 Å². The fourth-order valence-electron chi connectivity index (χ4n) is 5.75. The number of alkyl halides is 5. The molecule has 1 aliphatic rings. The highest BCUT2D eigenvalue weighted by Crippen LogP contribution is 2.52. The van der Waals surface area contributed by atoms with Crippen molar-refractivity contribution >= 4 is 66.6 Å². The Kier molecular flexibility index (Phi) is 8.95. The van der Waals surface area contributed by atoms with E-state index in [2.05, 4.69) is 28.8 Å². The third kappa shape index (κ3) is 6.47. The summed E-state index contributed by atoms with van der Waals surface area (Å²) in [5.41, 5.74) is 0.290. The van der Waals surface area contributed by atoms with Gasteiger partial charge < -0.3 is 20.4 Å². The fraction of sp³-hybridized carbons (Fsp3) is 0.219. The molecule has 0 fully saturated rings. The Hall–Kier alpha value is -4.32. The van der Waals surface area contributed by atoms with Gasteiger partial charge in [-0.3, -0.25) is 0 Å². The quantitative estimate of drug-likeness (QED) is 0.139. The summed E-state index contributed by atoms with van der Waals surface area (Å²) in [6, 6.07) is 6.55. The van der Waals surface area contributed by atoms with Crippen molar-refractivity contribution in [3.8, 4) is 0 Å². The third-order valence-corrected chi connectivity index (χ3v) is 8.01. The standard InChI is InChI=1S/C32H25B2ClF7N5/c1-5-47(31(3,33)34)29-24(46(4)14-25(38)39)13-23(27-26(29)15(2)44-28(27)20-10-16(36)6-7-22(20)35)45-30-19-11-17(37)12-21(32(40,41)42)18(19)8-9-43-30/h5-13,25,28,44H,1-2,14H2,3-4H3,(H,43,45). The van der Waals surface area contributed by atoms with Crippen molar-refractivity contribution < 1.29 is 30.7 Å². The molecule has 1 aromatic heterocycles. The van der Waals surface area contributed by atoms with Gasteiger partial charge in [0.25, 0.3) is 6.43 Å². The van der Waals surface area contributed by atoms with Crippen molar-refractivity contribution in [2.24, 2.45) is 0 Å². The summed E-state index contributed by atoms with van der Waals surface area (Å²) in [7, 11) is 14.0. The van der Waals surface area contributed by atoms with E-state index in [0.29, 0.717) is 11.6 Å². The fourth-order valence-corrected chi connectivity index (χ4v) is 5.98. The van der Waals surface area contributed by atoms with Crippen LogP contribution in [0.1, 0.15) is 35.2 Å². The number of nitrogens with one attached hydrogen (secondary N) is 2. The average molecular weight is 670 g/mol. The summed E-state index contributed by atoms with van der Waals surface area (Å²) < 4.78 is 98.5. The van der Waals surface area contributed by atoms with E-state index in [0.717, 1.165) is 24.4 Å². The second-order valence-corrected chi connectivity index (χ2v) is 11.6. The van der Waals surface area contributed by atoms with E-state index in [-0.39, 0.29) is 55.5 Å². The lowest BCUT2D eigenvalue weighted by Crippen LogP contribution is -2.45. The van der Waals surface area contributed by atoms with Crippen LogP contribution in [0.4, 0.5) is 53.6 Å². The normalized spacial score (nSPS) is 14.7.